The number of hydrogen-bond donors (Lipinski definition) is 1. The Labute approximate surface area is 112 Å². The predicted molar refractivity (Wildman–Crippen MR) is 68.9 cm³/mol. The third-order valence-corrected chi connectivity index (χ3v) is 2.84. The van der Waals surface area contributed by atoms with Gasteiger partial charge in [-0.05, 0) is 38.5 Å². The van der Waals surface area contributed by atoms with Gasteiger partial charge >= 0.3 is 6.18 Å². The third-order valence-electron chi connectivity index (χ3n) is 2.84. The van der Waals surface area contributed by atoms with Crippen LogP contribution in [0, 0.1) is 0 Å². The Morgan fingerprint density at radius 1 is 1.16 bits per heavy atom. The van der Waals surface area contributed by atoms with Crippen LogP contribution in [0.5, 0.6) is 0 Å². The van der Waals surface area contributed by atoms with Crippen LogP contribution in [-0.4, -0.2) is 19.3 Å². The Hall–Kier alpha value is -1.07. The molecule has 108 valence electrons. The summed E-state index contributed by atoms with van der Waals surface area (Å²) in [5.74, 6) is 0. The zero-order valence-electron chi connectivity index (χ0n) is 11.4. The van der Waals surface area contributed by atoms with Crippen molar-refractivity contribution in [3.05, 3.63) is 35.4 Å². The first kappa shape index (κ1) is 16.0. The minimum Gasteiger partial charge on any atom is -0.380 e. The van der Waals surface area contributed by atoms with Gasteiger partial charge < -0.3 is 10.1 Å². The highest BCUT2D eigenvalue weighted by Crippen LogP contribution is 2.29. The highest BCUT2D eigenvalue weighted by molar-refractivity contribution is 5.26. The van der Waals surface area contributed by atoms with E-state index < -0.39 is 11.7 Å². The van der Waals surface area contributed by atoms with Gasteiger partial charge in [0.1, 0.15) is 0 Å². The highest BCUT2D eigenvalue weighted by Gasteiger charge is 2.30. The maximum absolute atomic E-state index is 12.4. The molecule has 0 fully saturated rings. The second-order valence-electron chi connectivity index (χ2n) is 4.57. The summed E-state index contributed by atoms with van der Waals surface area (Å²) in [4.78, 5) is 0. The molecule has 5 heteroatoms. The number of nitrogens with one attached hydrogen (secondary N) is 1. The van der Waals surface area contributed by atoms with E-state index in [2.05, 4.69) is 5.32 Å². The molecule has 0 saturated heterocycles. The summed E-state index contributed by atoms with van der Waals surface area (Å²) in [5, 5.41) is 3.28. The van der Waals surface area contributed by atoms with Crippen LogP contribution in [0.4, 0.5) is 13.2 Å². The minimum absolute atomic E-state index is 0.0160. The molecule has 0 bridgehead atoms. The minimum atomic E-state index is -4.28. The van der Waals surface area contributed by atoms with E-state index in [-0.39, 0.29) is 12.1 Å². The smallest absolute Gasteiger partial charge is 0.380 e. The molecule has 1 aromatic rings. The van der Waals surface area contributed by atoms with Crippen LogP contribution in [0.25, 0.3) is 0 Å². The van der Waals surface area contributed by atoms with Crippen LogP contribution in [0.3, 0.4) is 0 Å². The van der Waals surface area contributed by atoms with Gasteiger partial charge in [-0.3, -0.25) is 0 Å². The number of alkyl halides is 3. The highest BCUT2D eigenvalue weighted by atomic mass is 19.4. The van der Waals surface area contributed by atoms with Gasteiger partial charge in [0.05, 0.1) is 12.2 Å². The molecule has 1 rings (SSSR count). The van der Waals surface area contributed by atoms with Gasteiger partial charge in [-0.25, -0.2) is 0 Å². The van der Waals surface area contributed by atoms with E-state index in [9.17, 15) is 13.2 Å². The van der Waals surface area contributed by atoms with E-state index in [1.165, 1.54) is 12.1 Å². The van der Waals surface area contributed by atoms with Gasteiger partial charge in [-0.15, -0.1) is 0 Å². The SMILES string of the molecule is CCOCC(C)NC(C)c1ccc(C(F)(F)F)cc1. The third kappa shape index (κ3) is 5.20. The lowest BCUT2D eigenvalue weighted by Gasteiger charge is -2.20. The summed E-state index contributed by atoms with van der Waals surface area (Å²) < 4.78 is 42.6. The Balaban J connectivity index is 2.60. The van der Waals surface area contributed by atoms with E-state index in [0.717, 1.165) is 17.7 Å². The predicted octanol–water partition coefficient (Wildman–Crippen LogP) is 3.78. The summed E-state index contributed by atoms with van der Waals surface area (Å²) in [6.45, 7) is 7.06. The van der Waals surface area contributed by atoms with Gasteiger partial charge in [0, 0.05) is 18.7 Å². The van der Waals surface area contributed by atoms with Crippen molar-refractivity contribution < 1.29 is 17.9 Å². The molecule has 0 aliphatic heterocycles. The van der Waals surface area contributed by atoms with E-state index in [0.29, 0.717) is 13.2 Å². The van der Waals surface area contributed by atoms with Crippen LogP contribution in [0.1, 0.15) is 37.9 Å². The van der Waals surface area contributed by atoms with Crippen LogP contribution in [0.2, 0.25) is 0 Å². The van der Waals surface area contributed by atoms with E-state index in [4.69, 9.17) is 4.74 Å². The molecule has 1 aromatic carbocycles. The number of benzene rings is 1. The molecule has 0 amide bonds. The topological polar surface area (TPSA) is 21.3 Å². The van der Waals surface area contributed by atoms with E-state index in [1.54, 1.807) is 0 Å². The van der Waals surface area contributed by atoms with Gasteiger partial charge in [0.25, 0.3) is 0 Å². The fourth-order valence-electron chi connectivity index (χ4n) is 1.83. The first-order valence-corrected chi connectivity index (χ1v) is 6.35. The molecule has 19 heavy (non-hydrogen) atoms. The van der Waals surface area contributed by atoms with Crippen molar-refractivity contribution in [2.45, 2.75) is 39.0 Å². The molecular weight excluding hydrogens is 255 g/mol. The van der Waals surface area contributed by atoms with Crippen molar-refractivity contribution >= 4 is 0 Å². The average Bonchev–Trinajstić information content (AvgIpc) is 2.35. The van der Waals surface area contributed by atoms with Crippen LogP contribution >= 0.6 is 0 Å². The number of hydrogen-bond acceptors (Lipinski definition) is 2. The standard InChI is InChI=1S/C14H20F3NO/c1-4-19-9-10(2)18-11(3)12-5-7-13(8-6-12)14(15,16)17/h5-8,10-11,18H,4,9H2,1-3H3. The van der Waals surface area contributed by atoms with E-state index >= 15 is 0 Å². The summed E-state index contributed by atoms with van der Waals surface area (Å²) in [7, 11) is 0. The molecule has 0 radical (unpaired) electrons. The summed E-state index contributed by atoms with van der Waals surface area (Å²) in [5.41, 5.74) is 0.210. The number of halogens is 3. The number of ether oxygens (including phenoxy) is 1. The molecule has 2 unspecified atom stereocenters. The molecule has 0 spiro atoms. The first-order valence-electron chi connectivity index (χ1n) is 6.35. The van der Waals surface area contributed by atoms with Crippen molar-refractivity contribution in [2.24, 2.45) is 0 Å². The Bertz CT molecular complexity index is 375. The number of rotatable bonds is 6. The average molecular weight is 275 g/mol. The normalized spacial score (nSPS) is 15.3. The van der Waals surface area contributed by atoms with Crippen molar-refractivity contribution in [3.8, 4) is 0 Å². The Morgan fingerprint density at radius 2 is 1.74 bits per heavy atom. The van der Waals surface area contributed by atoms with Gasteiger partial charge in [0.15, 0.2) is 0 Å². The quantitative estimate of drug-likeness (QED) is 0.853. The van der Waals surface area contributed by atoms with Crippen molar-refractivity contribution in [1.29, 1.82) is 0 Å². The van der Waals surface area contributed by atoms with Crippen LogP contribution < -0.4 is 5.32 Å². The summed E-state index contributed by atoms with van der Waals surface area (Å²) >= 11 is 0. The molecule has 2 atom stereocenters. The first-order chi connectivity index (χ1) is 8.84. The van der Waals surface area contributed by atoms with Gasteiger partial charge in [0.2, 0.25) is 0 Å². The second-order valence-corrected chi connectivity index (χ2v) is 4.57. The fraction of sp³-hybridized carbons (Fsp3) is 0.571. The lowest BCUT2D eigenvalue weighted by atomic mass is 10.1. The molecule has 2 nitrogen and oxygen atoms in total. The van der Waals surface area contributed by atoms with Crippen LogP contribution in [0.15, 0.2) is 24.3 Å². The molecule has 0 aliphatic carbocycles. The zero-order chi connectivity index (χ0) is 14.5. The Morgan fingerprint density at radius 3 is 2.21 bits per heavy atom. The Kier molecular flexibility index (Phi) is 5.82. The van der Waals surface area contributed by atoms with Crippen molar-refractivity contribution in [2.75, 3.05) is 13.2 Å². The van der Waals surface area contributed by atoms with Gasteiger partial charge in [-0.1, -0.05) is 12.1 Å². The fourth-order valence-corrected chi connectivity index (χ4v) is 1.83. The maximum atomic E-state index is 12.4. The largest absolute Gasteiger partial charge is 0.416 e. The molecular formula is C14H20F3NO. The summed E-state index contributed by atoms with van der Waals surface area (Å²) in [6, 6.07) is 5.37. The molecule has 1 N–H and O–H groups in total. The zero-order valence-corrected chi connectivity index (χ0v) is 11.4. The molecule has 0 aliphatic rings. The van der Waals surface area contributed by atoms with Crippen LogP contribution in [-0.2, 0) is 10.9 Å². The molecule has 0 aromatic heterocycles. The maximum Gasteiger partial charge on any atom is 0.416 e. The lowest BCUT2D eigenvalue weighted by molar-refractivity contribution is -0.137. The lowest BCUT2D eigenvalue weighted by Crippen LogP contribution is -2.32. The van der Waals surface area contributed by atoms with Gasteiger partial charge in [-0.2, -0.15) is 13.2 Å². The van der Waals surface area contributed by atoms with E-state index in [1.807, 2.05) is 20.8 Å². The molecule has 0 saturated carbocycles. The monoisotopic (exact) mass is 275 g/mol. The second kappa shape index (κ2) is 6.91. The molecule has 0 heterocycles. The van der Waals surface area contributed by atoms with Crippen molar-refractivity contribution in [3.63, 3.8) is 0 Å². The summed E-state index contributed by atoms with van der Waals surface area (Å²) in [6.07, 6.45) is -4.28. The van der Waals surface area contributed by atoms with Crippen molar-refractivity contribution in [1.82, 2.24) is 5.32 Å².